The Balaban J connectivity index is 2.61. The van der Waals surface area contributed by atoms with Crippen molar-refractivity contribution in [1.82, 2.24) is 9.80 Å². The molecule has 98 valence electrons. The summed E-state index contributed by atoms with van der Waals surface area (Å²) >= 11 is 0. The van der Waals surface area contributed by atoms with E-state index in [1.165, 1.54) is 4.90 Å². The molecule has 2 amide bonds. The maximum Gasteiger partial charge on any atom is 0.323 e. The number of carbonyl (C=O) groups is 2. The van der Waals surface area contributed by atoms with Gasteiger partial charge in [-0.25, -0.2) is 4.79 Å². The number of carboxylic acid groups (broad SMARTS) is 1. The van der Waals surface area contributed by atoms with Gasteiger partial charge in [-0.1, -0.05) is 13.8 Å². The molecule has 6 nitrogen and oxygen atoms in total. The predicted octanol–water partition coefficient (Wildman–Crippen LogP) is 0.182. The van der Waals surface area contributed by atoms with Crippen LogP contribution in [-0.4, -0.2) is 59.1 Å². The van der Waals surface area contributed by atoms with Crippen molar-refractivity contribution in [2.45, 2.75) is 26.3 Å². The Morgan fingerprint density at radius 3 is 2.59 bits per heavy atom. The minimum Gasteiger partial charge on any atom is -0.480 e. The normalized spacial score (nSPS) is 19.8. The van der Waals surface area contributed by atoms with Crippen molar-refractivity contribution in [1.29, 1.82) is 0 Å². The van der Waals surface area contributed by atoms with E-state index in [1.807, 2.05) is 13.8 Å². The molecule has 1 fully saturated rings. The number of carboxylic acids is 1. The zero-order chi connectivity index (χ0) is 13.0. The monoisotopic (exact) mass is 243 g/mol. The number of nitrogens with two attached hydrogens (primary N) is 1. The number of amides is 2. The molecule has 0 aromatic heterocycles. The lowest BCUT2D eigenvalue weighted by Gasteiger charge is -2.28. The van der Waals surface area contributed by atoms with E-state index >= 15 is 0 Å². The number of likely N-dealkylation sites (tertiary alicyclic amines) is 1. The Hall–Kier alpha value is -1.30. The maximum atomic E-state index is 12.1. The molecule has 1 unspecified atom stereocenters. The Kier molecular flexibility index (Phi) is 4.74. The lowest BCUT2D eigenvalue weighted by atomic mass is 10.2. The average molecular weight is 243 g/mol. The lowest BCUT2D eigenvalue weighted by molar-refractivity contribution is -0.137. The fourth-order valence-corrected chi connectivity index (χ4v) is 1.98. The molecule has 0 bridgehead atoms. The lowest BCUT2D eigenvalue weighted by Crippen LogP contribution is -2.46. The first-order valence-corrected chi connectivity index (χ1v) is 5.91. The van der Waals surface area contributed by atoms with Gasteiger partial charge in [0.05, 0.1) is 0 Å². The second-order valence-electron chi connectivity index (χ2n) is 4.95. The topological polar surface area (TPSA) is 86.9 Å². The number of nitrogens with zero attached hydrogens (tertiary/aromatic N) is 2. The first-order chi connectivity index (χ1) is 7.90. The van der Waals surface area contributed by atoms with Crippen LogP contribution in [-0.2, 0) is 4.79 Å². The van der Waals surface area contributed by atoms with Crippen LogP contribution >= 0.6 is 0 Å². The SMILES string of the molecule is CC(C)CN(CC(=O)O)C(=O)N1CCC(N)C1. The van der Waals surface area contributed by atoms with Gasteiger partial charge in [0.15, 0.2) is 0 Å². The van der Waals surface area contributed by atoms with Crippen LogP contribution in [0, 0.1) is 5.92 Å². The number of carbonyl (C=O) groups excluding carboxylic acids is 1. The van der Waals surface area contributed by atoms with E-state index in [4.69, 9.17) is 10.8 Å². The molecule has 1 heterocycles. The van der Waals surface area contributed by atoms with E-state index in [2.05, 4.69) is 0 Å². The number of hydrogen-bond donors (Lipinski definition) is 2. The van der Waals surface area contributed by atoms with E-state index in [1.54, 1.807) is 4.90 Å². The van der Waals surface area contributed by atoms with Crippen molar-refractivity contribution in [2.24, 2.45) is 11.7 Å². The molecule has 0 aromatic rings. The van der Waals surface area contributed by atoms with Gasteiger partial charge in [-0.15, -0.1) is 0 Å². The highest BCUT2D eigenvalue weighted by atomic mass is 16.4. The van der Waals surface area contributed by atoms with Crippen molar-refractivity contribution in [2.75, 3.05) is 26.2 Å². The highest BCUT2D eigenvalue weighted by molar-refractivity contribution is 5.80. The van der Waals surface area contributed by atoms with Crippen molar-refractivity contribution < 1.29 is 14.7 Å². The molecule has 0 aliphatic carbocycles. The second-order valence-corrected chi connectivity index (χ2v) is 4.95. The fraction of sp³-hybridized carbons (Fsp3) is 0.818. The van der Waals surface area contributed by atoms with Gasteiger partial charge in [-0.05, 0) is 12.3 Å². The first-order valence-electron chi connectivity index (χ1n) is 5.91. The third-order valence-electron chi connectivity index (χ3n) is 2.68. The zero-order valence-corrected chi connectivity index (χ0v) is 10.4. The van der Waals surface area contributed by atoms with Crippen LogP contribution in [0.4, 0.5) is 4.79 Å². The van der Waals surface area contributed by atoms with Crippen LogP contribution in [0.15, 0.2) is 0 Å². The molecule has 6 heteroatoms. The summed E-state index contributed by atoms with van der Waals surface area (Å²) in [6.07, 6.45) is 0.786. The summed E-state index contributed by atoms with van der Waals surface area (Å²) in [5, 5.41) is 8.80. The molecule has 0 aromatic carbocycles. The van der Waals surface area contributed by atoms with E-state index in [9.17, 15) is 9.59 Å². The summed E-state index contributed by atoms with van der Waals surface area (Å²) in [6, 6.07) is -0.196. The van der Waals surface area contributed by atoms with E-state index in [-0.39, 0.29) is 24.5 Å². The number of hydrogen-bond acceptors (Lipinski definition) is 3. The van der Waals surface area contributed by atoms with E-state index in [0.29, 0.717) is 19.6 Å². The van der Waals surface area contributed by atoms with Crippen molar-refractivity contribution >= 4 is 12.0 Å². The predicted molar refractivity (Wildman–Crippen MR) is 63.6 cm³/mol. The molecule has 0 saturated carbocycles. The number of rotatable bonds is 4. The molecule has 1 aliphatic rings. The molecule has 17 heavy (non-hydrogen) atoms. The first kappa shape index (κ1) is 13.8. The molecular formula is C11H21N3O3. The number of urea groups is 1. The van der Waals surface area contributed by atoms with Gasteiger partial charge in [0, 0.05) is 25.7 Å². The van der Waals surface area contributed by atoms with Gasteiger partial charge in [0.2, 0.25) is 0 Å². The summed E-state index contributed by atoms with van der Waals surface area (Å²) in [4.78, 5) is 25.8. The zero-order valence-electron chi connectivity index (χ0n) is 10.4. The van der Waals surface area contributed by atoms with Gasteiger partial charge in [0.25, 0.3) is 0 Å². The van der Waals surface area contributed by atoms with Crippen LogP contribution < -0.4 is 5.73 Å². The Bertz CT molecular complexity index is 294. The maximum absolute atomic E-state index is 12.1. The van der Waals surface area contributed by atoms with Gasteiger partial charge < -0.3 is 20.6 Å². The summed E-state index contributed by atoms with van der Waals surface area (Å²) in [7, 11) is 0. The molecule has 1 rings (SSSR count). The molecule has 1 aliphatic heterocycles. The van der Waals surface area contributed by atoms with Crippen molar-refractivity contribution in [3.63, 3.8) is 0 Å². The Morgan fingerprint density at radius 2 is 2.18 bits per heavy atom. The molecule has 1 saturated heterocycles. The summed E-state index contributed by atoms with van der Waals surface area (Å²) in [5.74, 6) is -0.739. The van der Waals surface area contributed by atoms with E-state index < -0.39 is 5.97 Å². The Labute approximate surface area is 101 Å². The fourth-order valence-electron chi connectivity index (χ4n) is 1.98. The molecule has 1 atom stereocenters. The highest BCUT2D eigenvalue weighted by Gasteiger charge is 2.28. The molecule has 0 spiro atoms. The van der Waals surface area contributed by atoms with Crippen LogP contribution in [0.1, 0.15) is 20.3 Å². The largest absolute Gasteiger partial charge is 0.480 e. The quantitative estimate of drug-likeness (QED) is 0.737. The van der Waals surface area contributed by atoms with Gasteiger partial charge >= 0.3 is 12.0 Å². The van der Waals surface area contributed by atoms with E-state index in [0.717, 1.165) is 6.42 Å². The summed E-state index contributed by atoms with van der Waals surface area (Å²) < 4.78 is 0. The summed E-state index contributed by atoms with van der Waals surface area (Å²) in [6.45, 7) is 5.26. The minimum atomic E-state index is -0.984. The third-order valence-corrected chi connectivity index (χ3v) is 2.68. The van der Waals surface area contributed by atoms with Gasteiger partial charge in [-0.2, -0.15) is 0 Å². The third kappa shape index (κ3) is 4.22. The van der Waals surface area contributed by atoms with Crippen LogP contribution in [0.25, 0.3) is 0 Å². The van der Waals surface area contributed by atoms with Gasteiger partial charge in [-0.3, -0.25) is 4.79 Å². The van der Waals surface area contributed by atoms with Crippen LogP contribution in [0.5, 0.6) is 0 Å². The number of aliphatic carboxylic acids is 1. The van der Waals surface area contributed by atoms with Crippen LogP contribution in [0.2, 0.25) is 0 Å². The average Bonchev–Trinajstić information content (AvgIpc) is 2.61. The van der Waals surface area contributed by atoms with Crippen LogP contribution in [0.3, 0.4) is 0 Å². The molecular weight excluding hydrogens is 222 g/mol. The second kappa shape index (κ2) is 5.86. The standard InChI is InChI=1S/C11H21N3O3/c1-8(2)5-14(7-10(15)16)11(17)13-4-3-9(12)6-13/h8-9H,3-7,12H2,1-2H3,(H,15,16). The molecule has 3 N–H and O–H groups in total. The molecule has 0 radical (unpaired) electrons. The minimum absolute atomic E-state index is 0.0182. The van der Waals surface area contributed by atoms with Crippen molar-refractivity contribution in [3.8, 4) is 0 Å². The Morgan fingerprint density at radius 1 is 1.53 bits per heavy atom. The smallest absolute Gasteiger partial charge is 0.323 e. The van der Waals surface area contributed by atoms with Gasteiger partial charge in [0.1, 0.15) is 6.54 Å². The van der Waals surface area contributed by atoms with Crippen molar-refractivity contribution in [3.05, 3.63) is 0 Å². The highest BCUT2D eigenvalue weighted by Crippen LogP contribution is 2.11. The summed E-state index contributed by atoms with van der Waals surface area (Å²) in [5.41, 5.74) is 5.74.